The molecule has 0 atom stereocenters. The van der Waals surface area contributed by atoms with Gasteiger partial charge >= 0.3 is 0 Å². The summed E-state index contributed by atoms with van der Waals surface area (Å²) in [4.78, 5) is 0.195. The zero-order valence-electron chi connectivity index (χ0n) is 11.0. The van der Waals surface area contributed by atoms with E-state index in [1.165, 1.54) is 18.2 Å². The summed E-state index contributed by atoms with van der Waals surface area (Å²) >= 11 is 0. The molecule has 0 amide bonds. The number of rotatable bonds is 4. The average molecular weight is 292 g/mol. The fourth-order valence-corrected chi connectivity index (χ4v) is 2.90. The third kappa shape index (κ3) is 3.28. The summed E-state index contributed by atoms with van der Waals surface area (Å²) < 4.78 is 26.7. The van der Waals surface area contributed by atoms with Crippen LogP contribution in [0.2, 0.25) is 0 Å². The van der Waals surface area contributed by atoms with Gasteiger partial charge in [0.2, 0.25) is 10.0 Å². The first kappa shape index (κ1) is 14.4. The third-order valence-electron chi connectivity index (χ3n) is 2.86. The second-order valence-electron chi connectivity index (χ2n) is 4.53. The summed E-state index contributed by atoms with van der Waals surface area (Å²) in [6.45, 7) is 1.80. The van der Waals surface area contributed by atoms with Crippen LogP contribution >= 0.6 is 0 Å². The van der Waals surface area contributed by atoms with Crippen LogP contribution in [0.5, 0.6) is 5.75 Å². The van der Waals surface area contributed by atoms with Crippen LogP contribution in [0.15, 0.2) is 47.4 Å². The number of phenolic OH excluding ortho intramolecular Hbond substituents is 1. The van der Waals surface area contributed by atoms with Crippen LogP contribution in [-0.4, -0.2) is 13.5 Å². The van der Waals surface area contributed by atoms with Crippen molar-refractivity contribution in [3.63, 3.8) is 0 Å². The molecular formula is C14H16N2O3S. The lowest BCUT2D eigenvalue weighted by Gasteiger charge is -2.09. The molecule has 0 radical (unpaired) electrons. The number of nitrogens with one attached hydrogen (secondary N) is 1. The van der Waals surface area contributed by atoms with Crippen molar-refractivity contribution in [3.8, 4) is 5.75 Å². The number of hydrogen-bond acceptors (Lipinski definition) is 4. The van der Waals surface area contributed by atoms with Crippen molar-refractivity contribution in [3.05, 3.63) is 53.6 Å². The van der Waals surface area contributed by atoms with Crippen LogP contribution in [0.3, 0.4) is 0 Å². The molecule has 0 aliphatic carbocycles. The molecule has 0 saturated carbocycles. The third-order valence-corrected chi connectivity index (χ3v) is 4.25. The molecule has 0 bridgehead atoms. The first-order chi connectivity index (χ1) is 9.38. The zero-order chi connectivity index (χ0) is 14.8. The predicted octanol–water partition coefficient (Wildman–Crippen LogP) is 1.76. The fourth-order valence-electron chi connectivity index (χ4n) is 1.79. The van der Waals surface area contributed by atoms with E-state index < -0.39 is 10.0 Å². The monoisotopic (exact) mass is 292 g/mol. The number of aromatic hydroxyl groups is 1. The number of sulfonamides is 1. The summed E-state index contributed by atoms with van der Waals surface area (Å²) in [5, 5.41) is 9.66. The smallest absolute Gasteiger partial charge is 0.240 e. The number of anilines is 1. The quantitative estimate of drug-likeness (QED) is 0.591. The molecule has 0 aliphatic heterocycles. The van der Waals surface area contributed by atoms with Gasteiger partial charge in [0.15, 0.2) is 0 Å². The van der Waals surface area contributed by atoms with E-state index in [0.717, 1.165) is 5.56 Å². The van der Waals surface area contributed by atoms with Gasteiger partial charge in [-0.2, -0.15) is 0 Å². The maximum atomic E-state index is 12.1. The van der Waals surface area contributed by atoms with Gasteiger partial charge in [-0.3, -0.25) is 0 Å². The van der Waals surface area contributed by atoms with Gasteiger partial charge in [0.1, 0.15) is 5.75 Å². The summed E-state index contributed by atoms with van der Waals surface area (Å²) in [7, 11) is -3.61. The van der Waals surface area contributed by atoms with Gasteiger partial charge in [0, 0.05) is 17.8 Å². The van der Waals surface area contributed by atoms with Crippen LogP contribution in [0.4, 0.5) is 5.69 Å². The molecule has 0 unspecified atom stereocenters. The first-order valence-corrected chi connectivity index (χ1v) is 7.50. The Hall–Kier alpha value is -2.05. The number of hydrogen-bond donors (Lipinski definition) is 3. The van der Waals surface area contributed by atoms with Crippen molar-refractivity contribution in [2.75, 3.05) is 5.73 Å². The van der Waals surface area contributed by atoms with Crippen LogP contribution in [0.25, 0.3) is 0 Å². The minimum absolute atomic E-state index is 0.00569. The van der Waals surface area contributed by atoms with Gasteiger partial charge in [0.05, 0.1) is 4.90 Å². The Morgan fingerprint density at radius 1 is 1.20 bits per heavy atom. The van der Waals surface area contributed by atoms with Crippen molar-refractivity contribution in [2.24, 2.45) is 0 Å². The summed E-state index contributed by atoms with van der Waals surface area (Å²) in [6, 6.07) is 11.1. The molecule has 106 valence electrons. The Kier molecular flexibility index (Phi) is 3.96. The van der Waals surface area contributed by atoms with E-state index in [2.05, 4.69) is 4.72 Å². The lowest BCUT2D eigenvalue weighted by Crippen LogP contribution is -2.23. The minimum atomic E-state index is -3.61. The van der Waals surface area contributed by atoms with Crippen molar-refractivity contribution in [1.29, 1.82) is 0 Å². The summed E-state index contributed by atoms with van der Waals surface area (Å²) in [5.74, 6) is 0.00569. The molecule has 2 aromatic rings. The number of aryl methyl sites for hydroxylation is 1. The van der Waals surface area contributed by atoms with Gasteiger partial charge in [-0.1, -0.05) is 12.1 Å². The normalized spacial score (nSPS) is 11.4. The Bertz CT molecular complexity index is 727. The second-order valence-corrected chi connectivity index (χ2v) is 6.30. The minimum Gasteiger partial charge on any atom is -0.508 e. The maximum Gasteiger partial charge on any atom is 0.240 e. The predicted molar refractivity (Wildman–Crippen MR) is 77.7 cm³/mol. The largest absolute Gasteiger partial charge is 0.508 e. The first-order valence-electron chi connectivity index (χ1n) is 6.02. The standard InChI is InChI=1S/C14H16N2O3S/c1-10-3-2-4-13(7-10)20(18,19)16-9-11-8-12(15)5-6-14(11)17/h2-8,16-17H,9,15H2,1H3. The van der Waals surface area contributed by atoms with Crippen LogP contribution in [0.1, 0.15) is 11.1 Å². The molecule has 0 saturated heterocycles. The molecule has 0 aliphatic rings. The molecule has 5 nitrogen and oxygen atoms in total. The molecular weight excluding hydrogens is 276 g/mol. The average Bonchev–Trinajstić information content (AvgIpc) is 2.40. The maximum absolute atomic E-state index is 12.1. The van der Waals surface area contributed by atoms with Gasteiger partial charge in [-0.15, -0.1) is 0 Å². The lowest BCUT2D eigenvalue weighted by atomic mass is 10.2. The fraction of sp³-hybridized carbons (Fsp3) is 0.143. The number of benzene rings is 2. The Morgan fingerprint density at radius 2 is 1.95 bits per heavy atom. The van der Waals surface area contributed by atoms with E-state index in [1.807, 2.05) is 13.0 Å². The van der Waals surface area contributed by atoms with Gasteiger partial charge in [-0.25, -0.2) is 13.1 Å². The van der Waals surface area contributed by atoms with Gasteiger partial charge < -0.3 is 10.8 Å². The van der Waals surface area contributed by atoms with Crippen LogP contribution in [0, 0.1) is 6.92 Å². The summed E-state index contributed by atoms with van der Waals surface area (Å²) in [5.41, 5.74) is 7.37. The highest BCUT2D eigenvalue weighted by molar-refractivity contribution is 7.89. The molecule has 0 heterocycles. The van der Waals surface area contributed by atoms with Gasteiger partial charge in [0.25, 0.3) is 0 Å². The topological polar surface area (TPSA) is 92.4 Å². The molecule has 2 aromatic carbocycles. The number of nitrogen functional groups attached to an aromatic ring is 1. The molecule has 4 N–H and O–H groups in total. The second kappa shape index (κ2) is 5.52. The van der Waals surface area contributed by atoms with Crippen LogP contribution in [-0.2, 0) is 16.6 Å². The molecule has 0 fully saturated rings. The zero-order valence-corrected chi connectivity index (χ0v) is 11.8. The van der Waals surface area contributed by atoms with Crippen LogP contribution < -0.4 is 10.5 Å². The van der Waals surface area contributed by atoms with E-state index in [-0.39, 0.29) is 17.2 Å². The molecule has 2 rings (SSSR count). The molecule has 20 heavy (non-hydrogen) atoms. The molecule has 0 spiro atoms. The number of nitrogens with two attached hydrogens (primary N) is 1. The lowest BCUT2D eigenvalue weighted by molar-refractivity contribution is 0.467. The van der Waals surface area contributed by atoms with Crippen molar-refractivity contribution in [2.45, 2.75) is 18.4 Å². The highest BCUT2D eigenvalue weighted by Gasteiger charge is 2.14. The number of phenols is 1. The van der Waals surface area contributed by atoms with E-state index in [1.54, 1.807) is 18.2 Å². The highest BCUT2D eigenvalue weighted by atomic mass is 32.2. The van der Waals surface area contributed by atoms with E-state index >= 15 is 0 Å². The Labute approximate surface area is 118 Å². The van der Waals surface area contributed by atoms with E-state index in [4.69, 9.17) is 5.73 Å². The Morgan fingerprint density at radius 3 is 2.65 bits per heavy atom. The SMILES string of the molecule is Cc1cccc(S(=O)(=O)NCc2cc(N)ccc2O)c1. The van der Waals surface area contributed by atoms with Crippen molar-refractivity contribution >= 4 is 15.7 Å². The Balaban J connectivity index is 2.19. The highest BCUT2D eigenvalue weighted by Crippen LogP contribution is 2.20. The molecule has 6 heteroatoms. The summed E-state index contributed by atoms with van der Waals surface area (Å²) in [6.07, 6.45) is 0. The van der Waals surface area contributed by atoms with E-state index in [9.17, 15) is 13.5 Å². The van der Waals surface area contributed by atoms with Crippen molar-refractivity contribution < 1.29 is 13.5 Å². The van der Waals surface area contributed by atoms with E-state index in [0.29, 0.717) is 11.3 Å². The molecule has 0 aromatic heterocycles. The van der Waals surface area contributed by atoms with Crippen molar-refractivity contribution in [1.82, 2.24) is 4.72 Å². The van der Waals surface area contributed by atoms with Gasteiger partial charge in [-0.05, 0) is 42.8 Å².